The number of aliphatic hydroxyl groups is 10. The first-order chi connectivity index (χ1) is 53.2. The lowest BCUT2D eigenvalue weighted by Crippen LogP contribution is -2.68. The molecule has 13 N–H and O–H groups in total. The van der Waals surface area contributed by atoms with Crippen molar-refractivity contribution in [2.24, 2.45) is 0 Å². The summed E-state index contributed by atoms with van der Waals surface area (Å²) in [4.78, 5) is 47.1. The molecule has 0 aromatic carbocycles. The van der Waals surface area contributed by atoms with Crippen LogP contribution in [0.1, 0.15) is 232 Å². The van der Waals surface area contributed by atoms with Crippen molar-refractivity contribution in [1.82, 2.24) is 5.32 Å². The highest BCUT2D eigenvalue weighted by Gasteiger charge is 2.57. The number of allylic oxidation sites excluding steroid dienone is 21. The van der Waals surface area contributed by atoms with Crippen LogP contribution in [-0.4, -0.2) is 222 Å². The summed E-state index contributed by atoms with van der Waals surface area (Å²) in [6.45, 7) is 26.0. The quantitative estimate of drug-likeness (QED) is 0.0153. The fraction of sp³-hybridized carbons (Fsp3) is 0.711. The molecule has 4 rings (SSSR count). The molecule has 4 aliphatic heterocycles. The molecule has 0 bridgehead atoms. The average Bonchev–Trinajstić information content (AvgIpc) is 1.41. The molecule has 28 nitrogen and oxygen atoms in total. The molecule has 646 valence electrons. The van der Waals surface area contributed by atoms with Gasteiger partial charge in [0.05, 0.1) is 32.5 Å². The minimum absolute atomic E-state index is 0.550. The van der Waals surface area contributed by atoms with Crippen LogP contribution < -0.4 is 5.32 Å². The van der Waals surface area contributed by atoms with E-state index >= 15 is 0 Å². The Labute approximate surface area is 670 Å². The molecule has 0 spiro atoms. The summed E-state index contributed by atoms with van der Waals surface area (Å²) >= 11 is 0. The molecule has 22 atom stereocenters. The van der Waals surface area contributed by atoms with Crippen LogP contribution in [0.15, 0.2) is 128 Å². The fourth-order valence-electron chi connectivity index (χ4n) is 13.3. The summed E-state index contributed by atoms with van der Waals surface area (Å²) < 4.78 is 87.2. The van der Waals surface area contributed by atoms with Crippen LogP contribution in [0.2, 0.25) is 0 Å². The number of phosphoric acid groups is 2. The lowest BCUT2D eigenvalue weighted by Gasteiger charge is -2.49. The molecule has 0 saturated carbocycles. The maximum absolute atomic E-state index is 13.6. The van der Waals surface area contributed by atoms with Crippen LogP contribution in [0.5, 0.6) is 0 Å². The summed E-state index contributed by atoms with van der Waals surface area (Å²) in [6, 6.07) is -1.93. The second-order valence-electron chi connectivity index (χ2n) is 31.1. The lowest BCUT2D eigenvalue weighted by molar-refractivity contribution is -0.371. The van der Waals surface area contributed by atoms with Crippen LogP contribution >= 0.6 is 15.6 Å². The Hall–Kier alpha value is -4.34. The van der Waals surface area contributed by atoms with Gasteiger partial charge >= 0.3 is 21.6 Å². The maximum Gasteiger partial charge on any atom is 0.483 e. The molecule has 0 aliphatic carbocycles. The molecule has 4 aliphatic rings. The number of hydrogen-bond donors (Lipinski definition) is 13. The lowest BCUT2D eigenvalue weighted by atomic mass is 9.95. The van der Waals surface area contributed by atoms with Gasteiger partial charge in [0.15, 0.2) is 31.3 Å². The van der Waals surface area contributed by atoms with E-state index in [1.54, 1.807) is 6.92 Å². The molecule has 4 fully saturated rings. The van der Waals surface area contributed by atoms with E-state index in [1.807, 2.05) is 0 Å². The minimum atomic E-state index is -5.82. The topological polar surface area (TPSA) is 425 Å². The number of esters is 1. The molecule has 0 radical (unpaired) electrons. The molecule has 4 saturated heterocycles. The summed E-state index contributed by atoms with van der Waals surface area (Å²) in [7, 11) is -11.3. The van der Waals surface area contributed by atoms with Crippen LogP contribution in [0, 0.1) is 0 Å². The molecule has 4 heterocycles. The third-order valence-corrected chi connectivity index (χ3v) is 22.9. The van der Waals surface area contributed by atoms with Crippen molar-refractivity contribution in [1.29, 1.82) is 0 Å². The Balaban J connectivity index is 1.19. The van der Waals surface area contributed by atoms with Crippen molar-refractivity contribution in [2.45, 2.75) is 355 Å². The number of aliphatic hydroxyl groups excluding tert-OH is 10. The first-order valence-corrected chi connectivity index (χ1v) is 42.8. The Morgan fingerprint density at radius 3 is 1.20 bits per heavy atom. The molecule has 30 heteroatoms. The zero-order chi connectivity index (χ0) is 84.3. The largest absolute Gasteiger partial charge is 0.483 e. The Morgan fingerprint density at radius 1 is 0.425 bits per heavy atom. The van der Waals surface area contributed by atoms with Gasteiger partial charge < -0.3 is 104 Å². The zero-order valence-corrected chi connectivity index (χ0v) is 71.0. The van der Waals surface area contributed by atoms with Gasteiger partial charge in [-0.15, -0.1) is 0 Å². The van der Waals surface area contributed by atoms with Crippen molar-refractivity contribution in [3.63, 3.8) is 0 Å². The third-order valence-electron chi connectivity index (χ3n) is 20.3. The van der Waals surface area contributed by atoms with E-state index in [0.717, 1.165) is 135 Å². The fourth-order valence-corrected chi connectivity index (χ4v) is 15.4. The zero-order valence-electron chi connectivity index (χ0n) is 69.3. The number of phosphoric ester groups is 2. The van der Waals surface area contributed by atoms with Gasteiger partial charge in [-0.3, -0.25) is 18.6 Å². The van der Waals surface area contributed by atoms with Crippen LogP contribution in [-0.2, 0) is 70.0 Å². The van der Waals surface area contributed by atoms with E-state index in [9.17, 15) is 79.6 Å². The smallest absolute Gasteiger partial charge is 0.454 e. The maximum atomic E-state index is 13.6. The normalized spacial score (nSPS) is 30.5. The highest BCUT2D eigenvalue weighted by Crippen LogP contribution is 2.61. The highest BCUT2D eigenvalue weighted by molar-refractivity contribution is 7.61. The van der Waals surface area contributed by atoms with Crippen LogP contribution in [0.3, 0.4) is 0 Å². The molecule has 22 unspecified atom stereocenters. The number of ether oxygens (including phenoxy) is 8. The standard InChI is InChI=1S/C83H137NO27P2/c1-51(2)26-16-27-52(3)28-17-29-53(4)30-18-31-54(5)32-19-33-55(6)34-20-35-56(7)36-21-37-57(8)38-22-39-58(9)40-23-41-59(10)42-24-43-60(11)44-25-45-61(12)46-47-102-112(97,98)111-113(99,100)110-80-68(84-63(14)87)77(71(92)66(49-86)105-80)108-83-79(104-64(15)88)78(69(90)62(13)103-83)109-82-74(95)72(93)70(91)67(106-82)50-101-81-75(96)73(94)76(107-81)65(89)48-85/h26,28,30,32,34,36,38,40,42,44,46,62,65-83,85-86,89-96H,16-25,27,29,31,33,35,37,39,41,43,45,47-50H2,1-15H3,(H,84,87)(H,97,98)(H,99,100)/b52-28+,53-30+,54-32+,55-34+,56-36+,57-38+,58-40+,59-42+,60-44+,61-46+. The van der Waals surface area contributed by atoms with E-state index < -0.39 is 177 Å². The van der Waals surface area contributed by atoms with Crippen LogP contribution in [0.4, 0.5) is 0 Å². The van der Waals surface area contributed by atoms with Crippen LogP contribution in [0.25, 0.3) is 0 Å². The first-order valence-electron chi connectivity index (χ1n) is 39.8. The van der Waals surface area contributed by atoms with Gasteiger partial charge in [-0.2, -0.15) is 4.31 Å². The SMILES string of the molecule is CC(=O)NC1C(OP(=O)(O)OP(=O)(O)OC/C=C(\C)CC/C=C(\C)CC/C=C(\C)CC/C=C(\C)CC/C=C(\C)CC/C=C(\C)CC/C=C(\C)CC/C=C(\C)CC/C=C(\C)CC/C=C(\C)CCC=C(C)C)OC(CO)C(O)C1OC1OC(C)C(O)C(OC2OC(COC3OC(C(O)CO)C(O)C3O)C(O)C(O)C2O)C1OC(C)=O. The molecule has 1 amide bonds. The highest BCUT2D eigenvalue weighted by atomic mass is 31.3. The minimum Gasteiger partial charge on any atom is -0.454 e. The van der Waals surface area contributed by atoms with E-state index in [2.05, 4.69) is 147 Å². The predicted molar refractivity (Wildman–Crippen MR) is 429 cm³/mol. The first kappa shape index (κ1) is 101. The van der Waals surface area contributed by atoms with Crippen molar-refractivity contribution in [3.8, 4) is 0 Å². The van der Waals surface area contributed by atoms with Gasteiger partial charge in [0.25, 0.3) is 0 Å². The molecular formula is C83H137NO27P2. The average molecular weight is 1640 g/mol. The number of carbonyl (C=O) groups excluding carboxylic acids is 2. The van der Waals surface area contributed by atoms with Crippen molar-refractivity contribution in [2.75, 3.05) is 26.4 Å². The number of nitrogens with one attached hydrogen (secondary N) is 1. The van der Waals surface area contributed by atoms with E-state index in [0.29, 0.717) is 12.8 Å². The third kappa shape index (κ3) is 37.7. The second-order valence-corrected chi connectivity index (χ2v) is 34.1. The molecule has 113 heavy (non-hydrogen) atoms. The predicted octanol–water partition coefficient (Wildman–Crippen LogP) is 11.5. The molecule has 0 aromatic rings. The summed E-state index contributed by atoms with van der Waals surface area (Å²) in [6.07, 6.45) is 10.1. The number of carbonyl (C=O) groups is 2. The van der Waals surface area contributed by atoms with Gasteiger partial charge in [-0.1, -0.05) is 128 Å². The van der Waals surface area contributed by atoms with Gasteiger partial charge in [0.1, 0.15) is 85.4 Å². The van der Waals surface area contributed by atoms with E-state index in [4.69, 9.17) is 46.9 Å². The van der Waals surface area contributed by atoms with Gasteiger partial charge in [-0.25, -0.2) is 9.13 Å². The summed E-state index contributed by atoms with van der Waals surface area (Å²) in [5.41, 5.74) is 14.9. The number of amides is 1. The Bertz CT molecular complexity index is 3370. The number of hydrogen-bond acceptors (Lipinski definition) is 25. The summed E-state index contributed by atoms with van der Waals surface area (Å²) in [5.74, 6) is -1.98. The monoisotopic (exact) mass is 1640 g/mol. The van der Waals surface area contributed by atoms with Crippen molar-refractivity contribution < 1.29 is 131 Å². The number of rotatable bonds is 49. The van der Waals surface area contributed by atoms with Crippen molar-refractivity contribution >= 4 is 27.5 Å². The molecular weight excluding hydrogens is 1500 g/mol. The van der Waals surface area contributed by atoms with E-state index in [1.165, 1.54) is 68.7 Å². The Kier molecular flexibility index (Phi) is 46.4. The summed E-state index contributed by atoms with van der Waals surface area (Å²) in [5, 5.41) is 109. The van der Waals surface area contributed by atoms with E-state index in [-0.39, 0.29) is 0 Å². The molecule has 0 aromatic heterocycles. The van der Waals surface area contributed by atoms with Gasteiger partial charge in [0.2, 0.25) is 5.91 Å². The second kappa shape index (κ2) is 51.9. The van der Waals surface area contributed by atoms with Gasteiger partial charge in [-0.05, 0) is 218 Å². The Morgan fingerprint density at radius 2 is 0.814 bits per heavy atom. The van der Waals surface area contributed by atoms with Crippen molar-refractivity contribution in [3.05, 3.63) is 128 Å². The van der Waals surface area contributed by atoms with Gasteiger partial charge in [0, 0.05) is 13.8 Å².